The minimum absolute atomic E-state index is 0.0690. The van der Waals surface area contributed by atoms with Crippen LogP contribution in [0.5, 0.6) is 0 Å². The summed E-state index contributed by atoms with van der Waals surface area (Å²) in [6.07, 6.45) is -0.321. The van der Waals surface area contributed by atoms with Crippen LogP contribution in [0.3, 0.4) is 0 Å². The van der Waals surface area contributed by atoms with Crippen LogP contribution in [0.4, 0.5) is 0 Å². The molecule has 0 aliphatic carbocycles. The summed E-state index contributed by atoms with van der Waals surface area (Å²) in [6, 6.07) is 4.43. The Kier molecular flexibility index (Phi) is 11.9. The molecule has 1 aromatic carbocycles. The van der Waals surface area contributed by atoms with Gasteiger partial charge in [-0.1, -0.05) is 58.0 Å². The van der Waals surface area contributed by atoms with Gasteiger partial charge < -0.3 is 31.9 Å². The van der Waals surface area contributed by atoms with Crippen LogP contribution in [0, 0.1) is 11.8 Å². The van der Waals surface area contributed by atoms with Crippen molar-refractivity contribution in [2.45, 2.75) is 71.1 Å². The minimum Gasteiger partial charge on any atom is -0.481 e. The predicted octanol–water partition coefficient (Wildman–Crippen LogP) is 0.272. The largest absolute Gasteiger partial charge is 0.481 e. The molecule has 0 fully saturated rings. The molecule has 0 heterocycles. The first kappa shape index (κ1) is 29.6. The van der Waals surface area contributed by atoms with Crippen LogP contribution in [-0.4, -0.2) is 64.0 Å². The lowest BCUT2D eigenvalue weighted by Gasteiger charge is -2.28. The van der Waals surface area contributed by atoms with E-state index >= 15 is 0 Å². The number of rotatable bonds is 14. The number of benzene rings is 1. The zero-order valence-electron chi connectivity index (χ0n) is 20.5. The van der Waals surface area contributed by atoms with E-state index in [2.05, 4.69) is 16.0 Å². The van der Waals surface area contributed by atoms with Crippen molar-refractivity contribution in [3.63, 3.8) is 0 Å². The third-order valence-electron chi connectivity index (χ3n) is 5.40. The number of aliphatic carboxylic acids is 2. The highest BCUT2D eigenvalue weighted by atomic mass is 16.4. The molecule has 0 aliphatic heterocycles. The Hall–Kier alpha value is -3.47. The van der Waals surface area contributed by atoms with Gasteiger partial charge >= 0.3 is 11.9 Å². The summed E-state index contributed by atoms with van der Waals surface area (Å²) in [7, 11) is 0. The molecule has 194 valence electrons. The van der Waals surface area contributed by atoms with Crippen molar-refractivity contribution in [1.82, 2.24) is 16.0 Å². The smallest absolute Gasteiger partial charge is 0.326 e. The number of nitrogens with two attached hydrogens (primary N) is 1. The van der Waals surface area contributed by atoms with E-state index in [0.717, 1.165) is 5.56 Å². The highest BCUT2D eigenvalue weighted by molar-refractivity contribution is 5.94. The van der Waals surface area contributed by atoms with E-state index in [1.54, 1.807) is 58.0 Å². The van der Waals surface area contributed by atoms with E-state index in [-0.39, 0.29) is 31.1 Å². The first-order valence-electron chi connectivity index (χ1n) is 11.5. The fraction of sp³-hybridized carbons (Fsp3) is 0.542. The molecule has 0 saturated heterocycles. The summed E-state index contributed by atoms with van der Waals surface area (Å²) < 4.78 is 0. The van der Waals surface area contributed by atoms with E-state index < -0.39 is 53.8 Å². The van der Waals surface area contributed by atoms with Gasteiger partial charge in [0.1, 0.15) is 18.1 Å². The van der Waals surface area contributed by atoms with Gasteiger partial charge in [0.15, 0.2) is 0 Å². The number of nitrogens with one attached hydrogen (secondary N) is 3. The Bertz CT molecular complexity index is 889. The zero-order chi connectivity index (χ0) is 26.7. The van der Waals surface area contributed by atoms with Crippen LogP contribution < -0.4 is 21.7 Å². The topological polar surface area (TPSA) is 188 Å². The second kappa shape index (κ2) is 14.1. The average Bonchev–Trinajstić information content (AvgIpc) is 2.78. The summed E-state index contributed by atoms with van der Waals surface area (Å²) >= 11 is 0. The molecular formula is C24H36N4O7. The van der Waals surface area contributed by atoms with E-state index in [1.807, 2.05) is 0 Å². The van der Waals surface area contributed by atoms with Crippen molar-refractivity contribution < 1.29 is 34.2 Å². The number of carbonyl (C=O) groups is 5. The maximum absolute atomic E-state index is 13.0. The summed E-state index contributed by atoms with van der Waals surface area (Å²) in [5.74, 6) is -5.04. The molecule has 1 rings (SSSR count). The third-order valence-corrected chi connectivity index (χ3v) is 5.40. The van der Waals surface area contributed by atoms with E-state index in [4.69, 9.17) is 10.8 Å². The first-order valence-corrected chi connectivity index (χ1v) is 11.5. The monoisotopic (exact) mass is 492 g/mol. The fourth-order valence-electron chi connectivity index (χ4n) is 3.29. The number of hydrogen-bond acceptors (Lipinski definition) is 6. The lowest BCUT2D eigenvalue weighted by Crippen LogP contribution is -2.59. The van der Waals surface area contributed by atoms with E-state index in [1.165, 1.54) is 0 Å². The Morgan fingerprint density at radius 2 is 1.29 bits per heavy atom. The molecular weight excluding hydrogens is 456 g/mol. The highest BCUT2D eigenvalue weighted by Gasteiger charge is 2.33. The van der Waals surface area contributed by atoms with Gasteiger partial charge in [-0.05, 0) is 23.8 Å². The molecule has 0 radical (unpaired) electrons. The number of hydrogen-bond donors (Lipinski definition) is 6. The maximum Gasteiger partial charge on any atom is 0.326 e. The molecule has 35 heavy (non-hydrogen) atoms. The summed E-state index contributed by atoms with van der Waals surface area (Å²) in [4.78, 5) is 60.7. The number of carboxylic acid groups (broad SMARTS) is 2. The number of amides is 3. The molecule has 3 amide bonds. The molecule has 0 bridgehead atoms. The van der Waals surface area contributed by atoms with Crippen molar-refractivity contribution >= 4 is 29.7 Å². The summed E-state index contributed by atoms with van der Waals surface area (Å²) in [5, 5.41) is 26.0. The van der Waals surface area contributed by atoms with Crippen molar-refractivity contribution in [3.05, 3.63) is 35.9 Å². The minimum atomic E-state index is -1.21. The second-order valence-corrected chi connectivity index (χ2v) is 9.09. The van der Waals surface area contributed by atoms with Gasteiger partial charge in [0.25, 0.3) is 0 Å². The Labute approximate surface area is 204 Å². The van der Waals surface area contributed by atoms with Crippen molar-refractivity contribution in [2.24, 2.45) is 17.6 Å². The molecule has 11 nitrogen and oxygen atoms in total. The van der Waals surface area contributed by atoms with Crippen LogP contribution in [0.2, 0.25) is 0 Å². The lowest BCUT2D eigenvalue weighted by molar-refractivity contribution is -0.142. The fourth-order valence-corrected chi connectivity index (χ4v) is 3.29. The van der Waals surface area contributed by atoms with Gasteiger partial charge in [-0.3, -0.25) is 19.2 Å². The van der Waals surface area contributed by atoms with Gasteiger partial charge in [-0.2, -0.15) is 0 Å². The summed E-state index contributed by atoms with van der Waals surface area (Å²) in [5.41, 5.74) is 6.46. The normalized spacial score (nSPS) is 14.5. The second-order valence-electron chi connectivity index (χ2n) is 9.09. The van der Waals surface area contributed by atoms with Gasteiger partial charge in [0.05, 0.1) is 6.04 Å². The van der Waals surface area contributed by atoms with Crippen LogP contribution in [0.25, 0.3) is 0 Å². The number of carboxylic acids is 2. The maximum atomic E-state index is 13.0. The molecule has 11 heteroatoms. The van der Waals surface area contributed by atoms with E-state index in [0.29, 0.717) is 0 Å². The van der Waals surface area contributed by atoms with Crippen LogP contribution in [0.1, 0.15) is 46.1 Å². The molecule has 7 N–H and O–H groups in total. The molecule has 0 saturated carbocycles. The van der Waals surface area contributed by atoms with E-state index in [9.17, 15) is 29.1 Å². The van der Waals surface area contributed by atoms with Crippen molar-refractivity contribution in [3.8, 4) is 0 Å². The van der Waals surface area contributed by atoms with Crippen molar-refractivity contribution in [2.75, 3.05) is 0 Å². The van der Waals surface area contributed by atoms with Gasteiger partial charge in [-0.15, -0.1) is 0 Å². The van der Waals surface area contributed by atoms with Gasteiger partial charge in [0.2, 0.25) is 17.7 Å². The molecule has 0 aliphatic rings. The molecule has 4 atom stereocenters. The summed E-state index contributed by atoms with van der Waals surface area (Å²) in [6.45, 7) is 6.78. The molecule has 0 spiro atoms. The quantitative estimate of drug-likeness (QED) is 0.213. The Morgan fingerprint density at radius 3 is 1.74 bits per heavy atom. The number of carbonyl (C=O) groups excluding carboxylic acids is 3. The standard InChI is InChI=1S/C24H36N4O7/c1-13(2)19(22(32)26-17(24(34)35)12-15-8-6-5-7-9-15)28-23(33)20(14(3)4)27-21(31)16(25)10-11-18(29)30/h5-9,13-14,16-17,19-20H,10-12,25H2,1-4H3,(H,26,32)(H,27,31)(H,28,33)(H,29,30)(H,34,35). The Morgan fingerprint density at radius 1 is 0.800 bits per heavy atom. The third kappa shape index (κ3) is 10.1. The highest BCUT2D eigenvalue weighted by Crippen LogP contribution is 2.09. The predicted molar refractivity (Wildman–Crippen MR) is 128 cm³/mol. The van der Waals surface area contributed by atoms with Gasteiger partial charge in [-0.25, -0.2) is 4.79 Å². The SMILES string of the molecule is CC(C)C(NC(=O)C(N)CCC(=O)O)C(=O)NC(C(=O)NC(Cc1ccccc1)C(=O)O)C(C)C. The molecule has 0 aromatic heterocycles. The van der Waals surface area contributed by atoms with Crippen LogP contribution in [0.15, 0.2) is 30.3 Å². The molecule has 1 aromatic rings. The van der Waals surface area contributed by atoms with Gasteiger partial charge in [0, 0.05) is 12.8 Å². The first-order chi connectivity index (χ1) is 16.3. The van der Waals surface area contributed by atoms with Crippen LogP contribution in [-0.2, 0) is 30.4 Å². The van der Waals surface area contributed by atoms with Crippen LogP contribution >= 0.6 is 0 Å². The zero-order valence-corrected chi connectivity index (χ0v) is 20.5. The molecule has 4 unspecified atom stereocenters. The average molecular weight is 493 g/mol. The Balaban J connectivity index is 2.90. The lowest BCUT2D eigenvalue weighted by atomic mass is 9.98. The van der Waals surface area contributed by atoms with Crippen molar-refractivity contribution in [1.29, 1.82) is 0 Å².